The molecule has 72 valence electrons. The molecule has 0 aromatic carbocycles. The first-order chi connectivity index (χ1) is 6.13. The summed E-state index contributed by atoms with van der Waals surface area (Å²) in [6.07, 6.45) is 5.49. The van der Waals surface area contributed by atoms with Crippen LogP contribution in [0.1, 0.15) is 13.3 Å². The minimum Gasteiger partial charge on any atom is -0.465 e. The largest absolute Gasteiger partial charge is 0.465 e. The number of rotatable bonds is 4. The molecule has 0 fully saturated rings. The van der Waals surface area contributed by atoms with Gasteiger partial charge < -0.3 is 10.3 Å². The van der Waals surface area contributed by atoms with Gasteiger partial charge in [0.15, 0.2) is 0 Å². The van der Waals surface area contributed by atoms with E-state index in [2.05, 4.69) is 11.1 Å². The molecule has 13 heavy (non-hydrogen) atoms. The number of terminal acetylenes is 1. The lowest BCUT2D eigenvalue weighted by Gasteiger charge is -2.22. The van der Waals surface area contributed by atoms with Crippen LogP contribution >= 0.6 is 0 Å². The number of carboxylic acid groups (broad SMARTS) is 1. The first-order valence-electron chi connectivity index (χ1n) is 3.72. The third-order valence-electron chi connectivity index (χ3n) is 1.57. The Bertz CT molecular complexity index is 232. The van der Waals surface area contributed by atoms with Crippen molar-refractivity contribution < 1.29 is 15.1 Å². The first-order valence-corrected chi connectivity index (χ1v) is 3.72. The van der Waals surface area contributed by atoms with Crippen LogP contribution in [-0.2, 0) is 0 Å². The molecule has 0 aromatic rings. The number of hydrogen-bond acceptors (Lipinski definition) is 3. The highest BCUT2D eigenvalue weighted by Crippen LogP contribution is 2.01. The van der Waals surface area contributed by atoms with Crippen LogP contribution in [0.5, 0.6) is 0 Å². The fourth-order valence-corrected chi connectivity index (χ4v) is 0.837. The van der Waals surface area contributed by atoms with Gasteiger partial charge in [0, 0.05) is 18.7 Å². The molecule has 0 unspecified atom stereocenters. The summed E-state index contributed by atoms with van der Waals surface area (Å²) in [5.74, 6) is 2.24. The Hall–Kier alpha value is -1.70. The predicted molar refractivity (Wildman–Crippen MR) is 47.9 cm³/mol. The van der Waals surface area contributed by atoms with Crippen LogP contribution in [0, 0.1) is 12.3 Å². The highest BCUT2D eigenvalue weighted by molar-refractivity contribution is 5.67. The van der Waals surface area contributed by atoms with Crippen molar-refractivity contribution in [3.05, 3.63) is 0 Å². The van der Waals surface area contributed by atoms with Crippen LogP contribution in [-0.4, -0.2) is 40.1 Å². The molecule has 0 aliphatic carbocycles. The molecule has 0 radical (unpaired) electrons. The summed E-state index contributed by atoms with van der Waals surface area (Å²) in [5, 5.41) is 19.6. The molecule has 0 rings (SSSR count). The normalized spacial score (nSPS) is 12.3. The molecule has 0 saturated heterocycles. The molecule has 0 aliphatic rings. The molecular formula is C8H12N2O3. The molecule has 1 atom stereocenters. The van der Waals surface area contributed by atoms with E-state index in [4.69, 9.17) is 16.7 Å². The zero-order chi connectivity index (χ0) is 10.3. The number of hydrogen-bond donors (Lipinski definition) is 2. The summed E-state index contributed by atoms with van der Waals surface area (Å²) in [7, 11) is 0. The Morgan fingerprint density at radius 2 is 2.46 bits per heavy atom. The minimum atomic E-state index is -1.07. The molecule has 2 N–H and O–H groups in total. The second-order valence-corrected chi connectivity index (χ2v) is 2.50. The summed E-state index contributed by atoms with van der Waals surface area (Å²) in [4.78, 5) is 11.7. The molecule has 0 aromatic heterocycles. The molecule has 5 nitrogen and oxygen atoms in total. The van der Waals surface area contributed by atoms with Gasteiger partial charge in [0.1, 0.15) is 0 Å². The van der Waals surface area contributed by atoms with E-state index < -0.39 is 6.09 Å². The Morgan fingerprint density at radius 1 is 1.85 bits per heavy atom. The Balaban J connectivity index is 4.20. The zero-order valence-electron chi connectivity index (χ0n) is 7.34. The van der Waals surface area contributed by atoms with Crippen LogP contribution < -0.4 is 0 Å². The van der Waals surface area contributed by atoms with Gasteiger partial charge in [0.2, 0.25) is 0 Å². The maximum absolute atomic E-state index is 10.6. The summed E-state index contributed by atoms with van der Waals surface area (Å²) in [6, 6.07) is -0.288. The van der Waals surface area contributed by atoms with E-state index >= 15 is 0 Å². The molecule has 5 heteroatoms. The van der Waals surface area contributed by atoms with E-state index in [0.29, 0.717) is 6.42 Å². The van der Waals surface area contributed by atoms with Crippen LogP contribution in [0.4, 0.5) is 4.79 Å². The molecule has 1 amide bonds. The van der Waals surface area contributed by atoms with Gasteiger partial charge >= 0.3 is 6.09 Å². The smallest absolute Gasteiger partial charge is 0.408 e. The van der Waals surface area contributed by atoms with E-state index in [1.54, 1.807) is 6.92 Å². The fourth-order valence-electron chi connectivity index (χ4n) is 0.837. The summed E-state index contributed by atoms with van der Waals surface area (Å²) < 4.78 is 0. The van der Waals surface area contributed by atoms with Crippen molar-refractivity contribution in [2.45, 2.75) is 19.4 Å². The highest BCUT2D eigenvalue weighted by atomic mass is 16.4. The molecule has 0 spiro atoms. The number of nitrogens with zero attached hydrogens (tertiary/aromatic N) is 2. The maximum Gasteiger partial charge on any atom is 0.408 e. The summed E-state index contributed by atoms with van der Waals surface area (Å²) >= 11 is 0. The van der Waals surface area contributed by atoms with Crippen molar-refractivity contribution in [2.24, 2.45) is 5.16 Å². The van der Waals surface area contributed by atoms with Gasteiger partial charge in [0.25, 0.3) is 0 Å². The molecule has 0 saturated carbocycles. The van der Waals surface area contributed by atoms with Crippen molar-refractivity contribution in [3.63, 3.8) is 0 Å². The molecule has 0 aliphatic heterocycles. The van der Waals surface area contributed by atoms with Crippen LogP contribution in [0.15, 0.2) is 5.16 Å². The summed E-state index contributed by atoms with van der Waals surface area (Å²) in [6.45, 7) is 1.73. The van der Waals surface area contributed by atoms with Gasteiger partial charge in [-0.2, -0.15) is 0 Å². The van der Waals surface area contributed by atoms with Crippen LogP contribution in [0.2, 0.25) is 0 Å². The summed E-state index contributed by atoms with van der Waals surface area (Å²) in [5.41, 5.74) is 0. The van der Waals surface area contributed by atoms with Crippen LogP contribution in [0.25, 0.3) is 0 Å². The monoisotopic (exact) mass is 184 g/mol. The van der Waals surface area contributed by atoms with E-state index in [9.17, 15) is 4.79 Å². The van der Waals surface area contributed by atoms with Gasteiger partial charge in [0.05, 0.1) is 6.54 Å². The van der Waals surface area contributed by atoms with Gasteiger partial charge in [-0.15, -0.1) is 11.6 Å². The SMILES string of the molecule is C#CCN(C(=O)O)[C@@H](C)C/C=N\O. The standard InChI is InChI=1S/C8H12N2O3/c1-3-6-10(8(11)12)7(2)4-5-9-13/h1,5,7,13H,4,6H2,2H3,(H,11,12)/b9-5-/t7-/m0/s1. The fraction of sp³-hybridized carbons (Fsp3) is 0.500. The average molecular weight is 184 g/mol. The Morgan fingerprint density at radius 3 is 2.85 bits per heavy atom. The van der Waals surface area contributed by atoms with Gasteiger partial charge in [-0.25, -0.2) is 4.79 Å². The van der Waals surface area contributed by atoms with E-state index in [1.807, 2.05) is 0 Å². The topological polar surface area (TPSA) is 73.1 Å². The van der Waals surface area contributed by atoms with E-state index in [0.717, 1.165) is 4.90 Å². The lowest BCUT2D eigenvalue weighted by Crippen LogP contribution is -2.38. The minimum absolute atomic E-state index is 0.0375. The van der Waals surface area contributed by atoms with E-state index in [-0.39, 0.29) is 12.6 Å². The van der Waals surface area contributed by atoms with E-state index in [1.165, 1.54) is 6.21 Å². The van der Waals surface area contributed by atoms with Crippen LogP contribution in [0.3, 0.4) is 0 Å². The quantitative estimate of drug-likeness (QED) is 0.294. The highest BCUT2D eigenvalue weighted by Gasteiger charge is 2.16. The number of oxime groups is 1. The van der Waals surface area contributed by atoms with Gasteiger partial charge in [-0.05, 0) is 6.92 Å². The lowest BCUT2D eigenvalue weighted by atomic mass is 10.2. The molecular weight excluding hydrogens is 172 g/mol. The number of amides is 1. The van der Waals surface area contributed by atoms with Crippen molar-refractivity contribution in [1.29, 1.82) is 0 Å². The van der Waals surface area contributed by atoms with Gasteiger partial charge in [-0.1, -0.05) is 5.92 Å². The second-order valence-electron chi connectivity index (χ2n) is 2.50. The lowest BCUT2D eigenvalue weighted by molar-refractivity contribution is 0.137. The first kappa shape index (κ1) is 11.3. The Kier molecular flexibility index (Phi) is 5.12. The van der Waals surface area contributed by atoms with Crippen molar-refractivity contribution in [2.75, 3.05) is 6.54 Å². The van der Waals surface area contributed by atoms with Crippen molar-refractivity contribution in [1.82, 2.24) is 4.90 Å². The molecule has 0 heterocycles. The molecule has 0 bridgehead atoms. The predicted octanol–water partition coefficient (Wildman–Crippen LogP) is 0.838. The number of carbonyl (C=O) groups is 1. The average Bonchev–Trinajstić information content (AvgIpc) is 2.09. The maximum atomic E-state index is 10.6. The third kappa shape index (κ3) is 4.01. The van der Waals surface area contributed by atoms with Crippen molar-refractivity contribution >= 4 is 12.3 Å². The zero-order valence-corrected chi connectivity index (χ0v) is 7.34. The van der Waals surface area contributed by atoms with Gasteiger partial charge in [-0.3, -0.25) is 4.90 Å². The van der Waals surface area contributed by atoms with Crippen molar-refractivity contribution in [3.8, 4) is 12.3 Å². The Labute approximate surface area is 76.7 Å². The second kappa shape index (κ2) is 5.89. The third-order valence-corrected chi connectivity index (χ3v) is 1.57.